The van der Waals surface area contributed by atoms with Gasteiger partial charge in [-0.2, -0.15) is 0 Å². The van der Waals surface area contributed by atoms with Gasteiger partial charge in [-0.1, -0.05) is 50.1 Å². The number of halogens is 5. The quantitative estimate of drug-likeness (QED) is 0.281. The Morgan fingerprint density at radius 3 is 1.96 bits per heavy atom. The van der Waals surface area contributed by atoms with Gasteiger partial charge in [0.2, 0.25) is 0 Å². The molecular formula is C18H27F5O2S. The first kappa shape index (κ1) is 31.9. The Bertz CT molecular complexity index is 515. The van der Waals surface area contributed by atoms with Crippen LogP contribution in [-0.4, -0.2) is 6.61 Å². The minimum atomic E-state index is 0. The molecule has 0 heterocycles. The van der Waals surface area contributed by atoms with E-state index >= 15 is 0 Å². The lowest BCUT2D eigenvalue weighted by Crippen LogP contribution is -1.97. The van der Waals surface area contributed by atoms with E-state index in [2.05, 4.69) is 19.1 Å². The highest BCUT2D eigenvalue weighted by atomic mass is 32.2. The minimum Gasteiger partial charge on any atom is -0.494 e. The van der Waals surface area contributed by atoms with E-state index in [1.165, 1.54) is 24.9 Å². The number of hydrogen-bond acceptors (Lipinski definition) is 3. The fraction of sp³-hybridized carbons (Fsp3) is 0.333. The van der Waals surface area contributed by atoms with Crippen molar-refractivity contribution in [2.24, 2.45) is 0 Å². The van der Waals surface area contributed by atoms with Crippen LogP contribution in [0.3, 0.4) is 0 Å². The largest absolute Gasteiger partial charge is 0.494 e. The number of benzene rings is 2. The zero-order valence-corrected chi connectivity index (χ0v) is 15.3. The molecule has 0 aliphatic carbocycles. The summed E-state index contributed by atoms with van der Waals surface area (Å²) in [5.41, 5.74) is 1.15. The van der Waals surface area contributed by atoms with Crippen LogP contribution in [0.2, 0.25) is 0 Å². The van der Waals surface area contributed by atoms with E-state index in [1.807, 2.05) is 42.5 Å². The molecular weight excluding hydrogens is 375 g/mol. The molecule has 0 spiro atoms. The van der Waals surface area contributed by atoms with Gasteiger partial charge in [-0.05, 0) is 36.2 Å². The van der Waals surface area contributed by atoms with Crippen molar-refractivity contribution < 1.29 is 32.4 Å². The molecule has 0 aliphatic heterocycles. The Morgan fingerprint density at radius 1 is 0.769 bits per heavy atom. The average molecular weight is 402 g/mol. The lowest BCUT2D eigenvalue weighted by Gasteiger charge is -2.07. The second kappa shape index (κ2) is 19.5. The standard InChI is InChI=1S/C18H22O2S.5FH/c1-2-3-7-14-19-17-12-10-16(11-13-17)15-20-21-18-8-5-4-6-9-18;;;;;/h4-6,8-13H,2-3,7,14-15H2,1H3;5*1H. The highest BCUT2D eigenvalue weighted by Gasteiger charge is 1.98. The fourth-order valence-corrected chi connectivity index (χ4v) is 2.46. The molecule has 0 saturated heterocycles. The summed E-state index contributed by atoms with van der Waals surface area (Å²) in [6.07, 6.45) is 3.57. The van der Waals surface area contributed by atoms with Gasteiger partial charge in [0.1, 0.15) is 5.75 Å². The maximum absolute atomic E-state index is 5.69. The highest BCUT2D eigenvalue weighted by Crippen LogP contribution is 2.21. The van der Waals surface area contributed by atoms with E-state index in [0.29, 0.717) is 6.61 Å². The molecule has 2 nitrogen and oxygen atoms in total. The normalized spacial score (nSPS) is 8.50. The Balaban J connectivity index is -0.000000484. The van der Waals surface area contributed by atoms with Gasteiger partial charge in [-0.25, -0.2) is 0 Å². The van der Waals surface area contributed by atoms with Gasteiger partial charge in [-0.3, -0.25) is 23.5 Å². The topological polar surface area (TPSA) is 18.5 Å². The summed E-state index contributed by atoms with van der Waals surface area (Å²) < 4.78 is 11.3. The van der Waals surface area contributed by atoms with E-state index < -0.39 is 0 Å². The van der Waals surface area contributed by atoms with Crippen molar-refractivity contribution in [2.45, 2.75) is 37.7 Å². The summed E-state index contributed by atoms with van der Waals surface area (Å²) in [7, 11) is 0. The van der Waals surface area contributed by atoms with E-state index in [4.69, 9.17) is 8.92 Å². The van der Waals surface area contributed by atoms with Crippen molar-refractivity contribution in [1.29, 1.82) is 0 Å². The lowest BCUT2D eigenvalue weighted by molar-refractivity contribution is 0.306. The summed E-state index contributed by atoms with van der Waals surface area (Å²) in [4.78, 5) is 1.12. The average Bonchev–Trinajstić information content (AvgIpc) is 2.54. The van der Waals surface area contributed by atoms with Crippen molar-refractivity contribution in [3.63, 3.8) is 0 Å². The minimum absolute atomic E-state index is 0. The number of hydrogen-bond donors (Lipinski definition) is 0. The first-order valence-electron chi connectivity index (χ1n) is 7.44. The molecule has 0 aliphatic rings. The summed E-state index contributed by atoms with van der Waals surface area (Å²) in [5.74, 6) is 0.936. The van der Waals surface area contributed by atoms with Crippen LogP contribution in [-0.2, 0) is 10.8 Å². The molecule has 2 rings (SSSR count). The van der Waals surface area contributed by atoms with Gasteiger partial charge >= 0.3 is 0 Å². The molecule has 152 valence electrons. The van der Waals surface area contributed by atoms with Gasteiger partial charge in [0, 0.05) is 16.9 Å². The Kier molecular flexibility index (Phi) is 24.0. The van der Waals surface area contributed by atoms with Gasteiger partial charge in [0.25, 0.3) is 0 Å². The van der Waals surface area contributed by atoms with Crippen molar-refractivity contribution in [3.8, 4) is 5.75 Å². The van der Waals surface area contributed by atoms with E-state index in [1.54, 1.807) is 0 Å². The highest BCUT2D eigenvalue weighted by molar-refractivity contribution is 7.94. The first-order valence-corrected chi connectivity index (χ1v) is 8.19. The molecule has 8 heteroatoms. The molecule has 0 amide bonds. The monoisotopic (exact) mass is 402 g/mol. The third-order valence-electron chi connectivity index (χ3n) is 3.06. The lowest BCUT2D eigenvalue weighted by atomic mass is 10.2. The second-order valence-electron chi connectivity index (χ2n) is 4.86. The van der Waals surface area contributed by atoms with Crippen molar-refractivity contribution in [1.82, 2.24) is 0 Å². The van der Waals surface area contributed by atoms with E-state index in [0.717, 1.165) is 29.2 Å². The zero-order chi connectivity index (χ0) is 14.8. The van der Waals surface area contributed by atoms with E-state index in [9.17, 15) is 0 Å². The SMILES string of the molecule is CCCCCOc1ccc(COSc2ccccc2)cc1.F.F.F.F.F. The van der Waals surface area contributed by atoms with Crippen LogP contribution < -0.4 is 4.74 Å². The molecule has 26 heavy (non-hydrogen) atoms. The van der Waals surface area contributed by atoms with Crippen molar-refractivity contribution >= 4 is 12.0 Å². The zero-order valence-electron chi connectivity index (χ0n) is 14.5. The Morgan fingerprint density at radius 2 is 1.38 bits per heavy atom. The number of rotatable bonds is 9. The van der Waals surface area contributed by atoms with Crippen LogP contribution in [0.15, 0.2) is 59.5 Å². The number of ether oxygens (including phenoxy) is 1. The summed E-state index contributed by atoms with van der Waals surface area (Å²) in [5, 5.41) is 0. The van der Waals surface area contributed by atoms with Crippen LogP contribution >= 0.6 is 12.0 Å². The summed E-state index contributed by atoms with van der Waals surface area (Å²) in [6.45, 7) is 3.59. The van der Waals surface area contributed by atoms with Crippen LogP contribution in [0.4, 0.5) is 23.5 Å². The van der Waals surface area contributed by atoms with Gasteiger partial charge in [0.05, 0.1) is 13.2 Å². The van der Waals surface area contributed by atoms with Gasteiger partial charge in [-0.15, -0.1) is 0 Å². The predicted octanol–water partition coefficient (Wildman–Crippen LogP) is 6.24. The molecule has 2 aromatic carbocycles. The van der Waals surface area contributed by atoms with Gasteiger partial charge in [0.15, 0.2) is 0 Å². The molecule has 0 bridgehead atoms. The fourth-order valence-electron chi connectivity index (χ4n) is 1.87. The molecule has 0 saturated carbocycles. The third-order valence-corrected chi connectivity index (χ3v) is 3.76. The molecule has 2 aromatic rings. The van der Waals surface area contributed by atoms with Crippen LogP contribution in [0.5, 0.6) is 5.75 Å². The molecule has 0 N–H and O–H groups in total. The first-order chi connectivity index (χ1) is 10.4. The van der Waals surface area contributed by atoms with Crippen molar-refractivity contribution in [2.75, 3.05) is 6.61 Å². The van der Waals surface area contributed by atoms with Crippen LogP contribution in [0.25, 0.3) is 0 Å². The maximum Gasteiger partial charge on any atom is 0.119 e. The summed E-state index contributed by atoms with van der Waals surface area (Å²) in [6, 6.07) is 18.2. The molecule has 0 atom stereocenters. The maximum atomic E-state index is 5.69. The predicted molar refractivity (Wildman–Crippen MR) is 101 cm³/mol. The van der Waals surface area contributed by atoms with Gasteiger partial charge < -0.3 is 8.92 Å². The van der Waals surface area contributed by atoms with Crippen LogP contribution in [0, 0.1) is 0 Å². The molecule has 0 aromatic heterocycles. The number of unbranched alkanes of at least 4 members (excludes halogenated alkanes) is 2. The third kappa shape index (κ3) is 12.5. The molecule has 0 fully saturated rings. The van der Waals surface area contributed by atoms with Crippen LogP contribution in [0.1, 0.15) is 31.7 Å². The Labute approximate surface area is 155 Å². The molecule has 0 unspecified atom stereocenters. The second-order valence-corrected chi connectivity index (χ2v) is 5.73. The van der Waals surface area contributed by atoms with Crippen molar-refractivity contribution in [3.05, 3.63) is 60.2 Å². The summed E-state index contributed by atoms with van der Waals surface area (Å²) >= 11 is 1.41. The molecule has 0 radical (unpaired) electrons. The Hall–Kier alpha value is -1.80. The smallest absolute Gasteiger partial charge is 0.119 e. The van der Waals surface area contributed by atoms with E-state index in [-0.39, 0.29) is 23.5 Å².